The van der Waals surface area contributed by atoms with Crippen molar-refractivity contribution in [2.45, 2.75) is 19.9 Å². The van der Waals surface area contributed by atoms with Gasteiger partial charge in [-0.3, -0.25) is 4.79 Å². The van der Waals surface area contributed by atoms with Gasteiger partial charge in [-0.1, -0.05) is 31.2 Å². The van der Waals surface area contributed by atoms with Crippen molar-refractivity contribution in [3.05, 3.63) is 35.4 Å². The number of aryl methyl sites for hydroxylation is 1. The molecule has 0 saturated heterocycles. The summed E-state index contributed by atoms with van der Waals surface area (Å²) >= 11 is 0. The summed E-state index contributed by atoms with van der Waals surface area (Å²) in [7, 11) is 1.62. The SMILES string of the molecule is CCc1ccc(CNCC(=O)NCCOC)cc1. The summed E-state index contributed by atoms with van der Waals surface area (Å²) in [4.78, 5) is 11.4. The predicted octanol–water partition coefficient (Wildman–Crippen LogP) is 1.10. The molecule has 0 bridgehead atoms. The van der Waals surface area contributed by atoms with Gasteiger partial charge in [0.25, 0.3) is 0 Å². The van der Waals surface area contributed by atoms with Crippen molar-refractivity contribution in [1.82, 2.24) is 10.6 Å². The number of carbonyl (C=O) groups excluding carboxylic acids is 1. The number of amides is 1. The average Bonchev–Trinajstić information content (AvgIpc) is 2.40. The number of hydrogen-bond acceptors (Lipinski definition) is 3. The first-order valence-electron chi connectivity index (χ1n) is 6.30. The van der Waals surface area contributed by atoms with Crippen LogP contribution in [0.5, 0.6) is 0 Å². The zero-order valence-corrected chi connectivity index (χ0v) is 11.2. The van der Waals surface area contributed by atoms with Gasteiger partial charge in [0.1, 0.15) is 0 Å². The summed E-state index contributed by atoms with van der Waals surface area (Å²) in [6.45, 7) is 4.28. The maximum Gasteiger partial charge on any atom is 0.234 e. The summed E-state index contributed by atoms with van der Waals surface area (Å²) in [6, 6.07) is 8.43. The number of methoxy groups -OCH3 is 1. The van der Waals surface area contributed by atoms with E-state index in [9.17, 15) is 4.79 Å². The van der Waals surface area contributed by atoms with Gasteiger partial charge in [-0.15, -0.1) is 0 Å². The molecule has 0 saturated carbocycles. The Morgan fingerprint density at radius 3 is 2.50 bits per heavy atom. The van der Waals surface area contributed by atoms with E-state index >= 15 is 0 Å². The minimum Gasteiger partial charge on any atom is -0.383 e. The van der Waals surface area contributed by atoms with Crippen LogP contribution in [0.3, 0.4) is 0 Å². The fourth-order valence-electron chi connectivity index (χ4n) is 1.57. The average molecular weight is 250 g/mol. The molecule has 0 spiro atoms. The topological polar surface area (TPSA) is 50.4 Å². The summed E-state index contributed by atoms with van der Waals surface area (Å²) in [5, 5.41) is 5.87. The first-order chi connectivity index (χ1) is 8.76. The molecule has 1 aromatic rings. The third kappa shape index (κ3) is 5.80. The fourth-order valence-corrected chi connectivity index (χ4v) is 1.57. The molecule has 0 aromatic heterocycles. The molecule has 0 radical (unpaired) electrons. The first-order valence-corrected chi connectivity index (χ1v) is 6.30. The molecular formula is C14H22N2O2. The van der Waals surface area contributed by atoms with Gasteiger partial charge in [-0.2, -0.15) is 0 Å². The monoisotopic (exact) mass is 250 g/mol. The van der Waals surface area contributed by atoms with Crippen LogP contribution in [0.4, 0.5) is 0 Å². The molecule has 0 heterocycles. The Labute approximate surface area is 109 Å². The second-order valence-electron chi connectivity index (χ2n) is 4.12. The molecule has 1 aromatic carbocycles. The zero-order chi connectivity index (χ0) is 13.2. The van der Waals surface area contributed by atoms with E-state index < -0.39 is 0 Å². The number of nitrogens with one attached hydrogen (secondary N) is 2. The molecule has 4 heteroatoms. The highest BCUT2D eigenvalue weighted by Gasteiger charge is 1.99. The van der Waals surface area contributed by atoms with Crippen LogP contribution in [-0.4, -0.2) is 32.7 Å². The second kappa shape index (κ2) is 8.66. The van der Waals surface area contributed by atoms with Crippen LogP contribution in [0.1, 0.15) is 18.1 Å². The minimum absolute atomic E-state index is 0.00257. The minimum atomic E-state index is -0.00257. The van der Waals surface area contributed by atoms with Gasteiger partial charge in [-0.05, 0) is 17.5 Å². The van der Waals surface area contributed by atoms with E-state index in [1.54, 1.807) is 7.11 Å². The van der Waals surface area contributed by atoms with E-state index in [4.69, 9.17) is 4.74 Å². The van der Waals surface area contributed by atoms with Gasteiger partial charge in [-0.25, -0.2) is 0 Å². The Morgan fingerprint density at radius 1 is 1.22 bits per heavy atom. The molecule has 0 aliphatic carbocycles. The Bertz CT molecular complexity index is 349. The number of hydrogen-bond donors (Lipinski definition) is 2. The lowest BCUT2D eigenvalue weighted by Crippen LogP contribution is -2.35. The maximum absolute atomic E-state index is 11.4. The largest absolute Gasteiger partial charge is 0.383 e. The molecule has 4 nitrogen and oxygen atoms in total. The quantitative estimate of drug-likeness (QED) is 0.679. The molecule has 1 rings (SSSR count). The standard InChI is InChI=1S/C14H22N2O2/c1-3-12-4-6-13(7-5-12)10-15-11-14(17)16-8-9-18-2/h4-7,15H,3,8-11H2,1-2H3,(H,16,17). The van der Waals surface area contributed by atoms with Crippen molar-refractivity contribution >= 4 is 5.91 Å². The highest BCUT2D eigenvalue weighted by molar-refractivity contribution is 5.77. The normalized spacial score (nSPS) is 10.3. The molecule has 0 aliphatic heterocycles. The first kappa shape index (κ1) is 14.7. The number of rotatable bonds is 8. The molecule has 0 unspecified atom stereocenters. The van der Waals surface area contributed by atoms with Gasteiger partial charge in [0.2, 0.25) is 5.91 Å². The Balaban J connectivity index is 2.18. The van der Waals surface area contributed by atoms with E-state index in [0.717, 1.165) is 6.42 Å². The van der Waals surface area contributed by atoms with Gasteiger partial charge in [0.05, 0.1) is 13.2 Å². The summed E-state index contributed by atoms with van der Waals surface area (Å²) in [5.74, 6) is -0.00257. The van der Waals surface area contributed by atoms with Crippen molar-refractivity contribution in [3.8, 4) is 0 Å². The molecule has 100 valence electrons. The van der Waals surface area contributed by atoms with E-state index in [2.05, 4.69) is 41.8 Å². The highest BCUT2D eigenvalue weighted by Crippen LogP contribution is 2.04. The number of benzene rings is 1. The Morgan fingerprint density at radius 2 is 1.89 bits per heavy atom. The van der Waals surface area contributed by atoms with Gasteiger partial charge in [0, 0.05) is 20.2 Å². The van der Waals surface area contributed by atoms with E-state index in [1.165, 1.54) is 11.1 Å². The fraction of sp³-hybridized carbons (Fsp3) is 0.500. The number of ether oxygens (including phenoxy) is 1. The van der Waals surface area contributed by atoms with Gasteiger partial charge < -0.3 is 15.4 Å². The molecule has 1 amide bonds. The lowest BCUT2D eigenvalue weighted by atomic mass is 10.1. The molecule has 18 heavy (non-hydrogen) atoms. The Kier molecular flexibility index (Phi) is 7.06. The predicted molar refractivity (Wildman–Crippen MR) is 72.4 cm³/mol. The van der Waals surface area contributed by atoms with Crippen LogP contribution in [0.25, 0.3) is 0 Å². The van der Waals surface area contributed by atoms with Crippen molar-refractivity contribution < 1.29 is 9.53 Å². The van der Waals surface area contributed by atoms with Crippen molar-refractivity contribution in [3.63, 3.8) is 0 Å². The lowest BCUT2D eigenvalue weighted by Gasteiger charge is -2.07. The molecule has 2 N–H and O–H groups in total. The maximum atomic E-state index is 11.4. The molecule has 0 aliphatic rings. The third-order valence-electron chi connectivity index (χ3n) is 2.67. The molecular weight excluding hydrogens is 228 g/mol. The van der Waals surface area contributed by atoms with Crippen LogP contribution >= 0.6 is 0 Å². The summed E-state index contributed by atoms with van der Waals surface area (Å²) < 4.78 is 4.85. The van der Waals surface area contributed by atoms with E-state index in [1.807, 2.05) is 0 Å². The van der Waals surface area contributed by atoms with Gasteiger partial charge in [0.15, 0.2) is 0 Å². The lowest BCUT2D eigenvalue weighted by molar-refractivity contribution is -0.120. The summed E-state index contributed by atoms with van der Waals surface area (Å²) in [6.07, 6.45) is 1.05. The van der Waals surface area contributed by atoms with E-state index in [0.29, 0.717) is 26.2 Å². The zero-order valence-electron chi connectivity index (χ0n) is 11.2. The second-order valence-corrected chi connectivity index (χ2v) is 4.12. The molecule has 0 atom stereocenters. The third-order valence-corrected chi connectivity index (χ3v) is 2.67. The molecule has 0 fully saturated rings. The summed E-state index contributed by atoms with van der Waals surface area (Å²) in [5.41, 5.74) is 2.52. The van der Waals surface area contributed by atoms with E-state index in [-0.39, 0.29) is 5.91 Å². The van der Waals surface area contributed by atoms with Crippen LogP contribution < -0.4 is 10.6 Å². The van der Waals surface area contributed by atoms with Crippen LogP contribution in [0, 0.1) is 0 Å². The van der Waals surface area contributed by atoms with Crippen LogP contribution in [0.2, 0.25) is 0 Å². The number of carbonyl (C=O) groups is 1. The Hall–Kier alpha value is -1.39. The van der Waals surface area contributed by atoms with Crippen LogP contribution in [0.15, 0.2) is 24.3 Å². The smallest absolute Gasteiger partial charge is 0.234 e. The highest BCUT2D eigenvalue weighted by atomic mass is 16.5. The van der Waals surface area contributed by atoms with Crippen LogP contribution in [-0.2, 0) is 22.5 Å². The van der Waals surface area contributed by atoms with Crippen molar-refractivity contribution in [1.29, 1.82) is 0 Å². The van der Waals surface area contributed by atoms with Crippen molar-refractivity contribution in [2.24, 2.45) is 0 Å². The van der Waals surface area contributed by atoms with Crippen molar-refractivity contribution in [2.75, 3.05) is 26.8 Å². The van der Waals surface area contributed by atoms with Gasteiger partial charge >= 0.3 is 0 Å².